The molecule has 1 amide bonds. The number of nitrogens with zero attached hydrogens (tertiary/aromatic N) is 2. The highest BCUT2D eigenvalue weighted by Gasteiger charge is 2.22. The number of sulfonamides is 1. The fourth-order valence-corrected chi connectivity index (χ4v) is 4.03. The smallest absolute Gasteiger partial charge is 0.271 e. The maximum absolute atomic E-state index is 12.2. The third-order valence-corrected chi connectivity index (χ3v) is 5.85. The first-order valence-corrected chi connectivity index (χ1v) is 11.7. The van der Waals surface area contributed by atoms with Crippen LogP contribution in [0.2, 0.25) is 5.02 Å². The normalized spacial score (nSPS) is 11.1. The zero-order valence-corrected chi connectivity index (χ0v) is 18.8. The van der Waals surface area contributed by atoms with Gasteiger partial charge in [0.15, 0.2) is 0 Å². The summed E-state index contributed by atoms with van der Waals surface area (Å²) >= 11 is 5.99. The van der Waals surface area contributed by atoms with E-state index in [0.717, 1.165) is 10.6 Å². The first-order chi connectivity index (χ1) is 14.6. The van der Waals surface area contributed by atoms with Gasteiger partial charge in [0, 0.05) is 25.1 Å². The van der Waals surface area contributed by atoms with Crippen LogP contribution in [0.3, 0.4) is 0 Å². The Morgan fingerprint density at radius 2 is 1.97 bits per heavy atom. The number of halogens is 1. The van der Waals surface area contributed by atoms with Crippen molar-refractivity contribution in [1.82, 2.24) is 5.32 Å². The summed E-state index contributed by atoms with van der Waals surface area (Å²) in [7, 11) is -3.69. The topological polar surface area (TPSA) is 119 Å². The van der Waals surface area contributed by atoms with Crippen molar-refractivity contribution < 1.29 is 22.9 Å². The number of non-ortho nitro benzene ring substituents is 1. The molecule has 2 aromatic carbocycles. The first kappa shape index (κ1) is 24.4. The molecule has 168 valence electrons. The molecule has 0 saturated carbocycles. The Morgan fingerprint density at radius 1 is 1.26 bits per heavy atom. The number of rotatable bonds is 11. The van der Waals surface area contributed by atoms with E-state index >= 15 is 0 Å². The zero-order valence-electron chi connectivity index (χ0n) is 17.2. The molecule has 2 rings (SSSR count). The molecule has 0 aliphatic carbocycles. The minimum absolute atomic E-state index is 0.0182. The van der Waals surface area contributed by atoms with Crippen LogP contribution in [0.4, 0.5) is 11.4 Å². The summed E-state index contributed by atoms with van der Waals surface area (Å²) in [6.45, 7) is 2.19. The van der Waals surface area contributed by atoms with Crippen molar-refractivity contribution in [2.75, 3.05) is 30.3 Å². The molecule has 0 saturated heterocycles. The number of aryl methyl sites for hydroxylation is 1. The van der Waals surface area contributed by atoms with E-state index in [1.165, 1.54) is 18.2 Å². The maximum Gasteiger partial charge on any atom is 0.271 e. The van der Waals surface area contributed by atoms with Crippen LogP contribution >= 0.6 is 11.6 Å². The number of hydrogen-bond acceptors (Lipinski definition) is 6. The van der Waals surface area contributed by atoms with Crippen LogP contribution in [0, 0.1) is 17.0 Å². The van der Waals surface area contributed by atoms with Crippen LogP contribution in [0.5, 0.6) is 5.75 Å². The minimum atomic E-state index is -3.69. The minimum Gasteiger partial charge on any atom is -0.490 e. The third kappa shape index (κ3) is 7.41. The van der Waals surface area contributed by atoms with Crippen molar-refractivity contribution >= 4 is 38.9 Å². The lowest BCUT2D eigenvalue weighted by Crippen LogP contribution is -2.33. The fraction of sp³-hybridized carbons (Fsp3) is 0.350. The molecule has 0 aliphatic heterocycles. The lowest BCUT2D eigenvalue weighted by Gasteiger charge is -2.24. The second-order valence-electron chi connectivity index (χ2n) is 6.80. The van der Waals surface area contributed by atoms with E-state index in [2.05, 4.69) is 5.32 Å². The second kappa shape index (κ2) is 11.0. The van der Waals surface area contributed by atoms with Crippen LogP contribution in [0.15, 0.2) is 42.5 Å². The molecular weight excluding hydrogens is 446 g/mol. The number of benzene rings is 2. The van der Waals surface area contributed by atoms with Gasteiger partial charge in [-0.25, -0.2) is 8.42 Å². The monoisotopic (exact) mass is 469 g/mol. The average Bonchev–Trinajstić information content (AvgIpc) is 2.69. The van der Waals surface area contributed by atoms with E-state index in [0.29, 0.717) is 16.3 Å². The SMILES string of the molecule is Cc1ccc([N+](=O)[O-])cc1N(CCCC(=O)NCCOc1ccccc1Cl)S(C)(=O)=O. The van der Waals surface area contributed by atoms with Gasteiger partial charge in [0.05, 0.1) is 28.4 Å². The quantitative estimate of drug-likeness (QED) is 0.306. The van der Waals surface area contributed by atoms with Crippen LogP contribution in [-0.4, -0.2) is 45.2 Å². The summed E-state index contributed by atoms with van der Waals surface area (Å²) in [5, 5.41) is 14.2. The predicted molar refractivity (Wildman–Crippen MR) is 119 cm³/mol. The van der Waals surface area contributed by atoms with Gasteiger partial charge in [-0.2, -0.15) is 0 Å². The summed E-state index contributed by atoms with van der Waals surface area (Å²) in [6.07, 6.45) is 1.36. The van der Waals surface area contributed by atoms with E-state index < -0.39 is 14.9 Å². The van der Waals surface area contributed by atoms with E-state index in [-0.39, 0.29) is 49.8 Å². The van der Waals surface area contributed by atoms with Gasteiger partial charge in [0.25, 0.3) is 5.69 Å². The van der Waals surface area contributed by atoms with Crippen LogP contribution < -0.4 is 14.4 Å². The van der Waals surface area contributed by atoms with Gasteiger partial charge in [-0.1, -0.05) is 29.8 Å². The van der Waals surface area contributed by atoms with Gasteiger partial charge < -0.3 is 10.1 Å². The number of nitrogens with one attached hydrogen (secondary N) is 1. The molecule has 0 atom stereocenters. The van der Waals surface area contributed by atoms with Crippen molar-refractivity contribution in [3.8, 4) is 5.75 Å². The number of nitro groups is 1. The lowest BCUT2D eigenvalue weighted by atomic mass is 10.1. The van der Waals surface area contributed by atoms with Crippen molar-refractivity contribution in [3.63, 3.8) is 0 Å². The highest BCUT2D eigenvalue weighted by molar-refractivity contribution is 7.92. The number of carbonyl (C=O) groups is 1. The van der Waals surface area contributed by atoms with Gasteiger partial charge in [0.2, 0.25) is 15.9 Å². The molecule has 0 spiro atoms. The molecule has 0 bridgehead atoms. The average molecular weight is 470 g/mol. The van der Waals surface area contributed by atoms with E-state index in [9.17, 15) is 23.3 Å². The first-order valence-electron chi connectivity index (χ1n) is 9.46. The Kier molecular flexibility index (Phi) is 8.64. The Balaban J connectivity index is 1.88. The van der Waals surface area contributed by atoms with Crippen molar-refractivity contribution in [2.24, 2.45) is 0 Å². The Labute approximate surface area is 186 Å². The molecule has 0 aromatic heterocycles. The number of para-hydroxylation sites is 1. The number of carbonyl (C=O) groups excluding carboxylic acids is 1. The number of hydrogen-bond donors (Lipinski definition) is 1. The molecule has 0 radical (unpaired) electrons. The molecule has 0 heterocycles. The Morgan fingerprint density at radius 3 is 2.61 bits per heavy atom. The van der Waals surface area contributed by atoms with Crippen LogP contribution in [0.1, 0.15) is 18.4 Å². The molecule has 2 aromatic rings. The Hall–Kier alpha value is -2.85. The standard InChI is InChI=1S/C20H24ClN3O6S/c1-15-9-10-16(24(26)27)14-18(15)23(31(2,28)29)12-5-8-20(25)22-11-13-30-19-7-4-3-6-17(19)21/h3-4,6-7,9-10,14H,5,8,11-13H2,1-2H3,(H,22,25). The number of nitro benzene ring substituents is 1. The number of amides is 1. The van der Waals surface area contributed by atoms with Gasteiger partial charge in [-0.3, -0.25) is 19.2 Å². The van der Waals surface area contributed by atoms with Gasteiger partial charge in [-0.15, -0.1) is 0 Å². The molecule has 0 aliphatic rings. The van der Waals surface area contributed by atoms with E-state index in [1.54, 1.807) is 31.2 Å². The summed E-state index contributed by atoms with van der Waals surface area (Å²) in [5.74, 6) is 0.265. The zero-order chi connectivity index (χ0) is 23.0. The van der Waals surface area contributed by atoms with E-state index in [4.69, 9.17) is 16.3 Å². The fourth-order valence-electron chi connectivity index (χ4n) is 2.83. The molecular formula is C20H24ClN3O6S. The van der Waals surface area contributed by atoms with Gasteiger partial charge in [-0.05, 0) is 31.0 Å². The Bertz CT molecular complexity index is 1040. The summed E-state index contributed by atoms with van der Waals surface area (Å²) in [6, 6.07) is 11.0. The summed E-state index contributed by atoms with van der Waals surface area (Å²) in [5.41, 5.74) is 0.605. The van der Waals surface area contributed by atoms with Crippen LogP contribution in [-0.2, 0) is 14.8 Å². The van der Waals surface area contributed by atoms with Crippen molar-refractivity contribution in [1.29, 1.82) is 0 Å². The van der Waals surface area contributed by atoms with Crippen molar-refractivity contribution in [3.05, 3.63) is 63.2 Å². The van der Waals surface area contributed by atoms with Crippen molar-refractivity contribution in [2.45, 2.75) is 19.8 Å². The molecule has 0 unspecified atom stereocenters. The molecule has 9 nitrogen and oxygen atoms in total. The second-order valence-corrected chi connectivity index (χ2v) is 9.11. The molecule has 31 heavy (non-hydrogen) atoms. The number of ether oxygens (including phenoxy) is 1. The highest BCUT2D eigenvalue weighted by Crippen LogP contribution is 2.28. The van der Waals surface area contributed by atoms with Gasteiger partial charge in [0.1, 0.15) is 12.4 Å². The highest BCUT2D eigenvalue weighted by atomic mass is 35.5. The van der Waals surface area contributed by atoms with Crippen LogP contribution in [0.25, 0.3) is 0 Å². The molecule has 0 fully saturated rings. The third-order valence-electron chi connectivity index (χ3n) is 4.36. The summed E-state index contributed by atoms with van der Waals surface area (Å²) < 4.78 is 31.1. The van der Waals surface area contributed by atoms with Gasteiger partial charge >= 0.3 is 0 Å². The molecule has 11 heteroatoms. The largest absolute Gasteiger partial charge is 0.490 e. The predicted octanol–water partition coefficient (Wildman–Crippen LogP) is 3.30. The number of anilines is 1. The summed E-state index contributed by atoms with van der Waals surface area (Å²) in [4.78, 5) is 22.5. The molecule has 1 N–H and O–H groups in total. The maximum atomic E-state index is 12.2. The lowest BCUT2D eigenvalue weighted by molar-refractivity contribution is -0.384. The van der Waals surface area contributed by atoms with E-state index in [1.807, 2.05) is 0 Å².